The van der Waals surface area contributed by atoms with Crippen LogP contribution < -0.4 is 4.87 Å². The molecule has 2 rings (SSSR count). The average Bonchev–Trinajstić information content (AvgIpc) is 2.80. The summed E-state index contributed by atoms with van der Waals surface area (Å²) in [6.07, 6.45) is 1.31. The summed E-state index contributed by atoms with van der Waals surface area (Å²) in [4.78, 5) is 22.2. The van der Waals surface area contributed by atoms with Crippen molar-refractivity contribution in [2.24, 2.45) is 0 Å². The van der Waals surface area contributed by atoms with Gasteiger partial charge in [0.2, 0.25) is 5.76 Å². The number of nitrogens with zero attached hydrogens (tertiary/aromatic N) is 1. The van der Waals surface area contributed by atoms with Crippen LogP contribution in [0.2, 0.25) is 0 Å². The van der Waals surface area contributed by atoms with Gasteiger partial charge in [-0.25, -0.2) is 4.79 Å². The minimum Gasteiger partial charge on any atom is -0.475 e. The molecule has 0 fully saturated rings. The fourth-order valence-electron chi connectivity index (χ4n) is 1.41. The zero-order valence-electron chi connectivity index (χ0n) is 8.47. The number of rotatable bonds is 3. The topological polar surface area (TPSA) is 72.4 Å². The summed E-state index contributed by atoms with van der Waals surface area (Å²) < 4.78 is 6.36. The molecule has 5 nitrogen and oxygen atoms in total. The Morgan fingerprint density at radius 3 is 2.94 bits per heavy atom. The second kappa shape index (κ2) is 3.97. The standard InChI is InChI=1S/C10H9NO4S/c1-6-5-16-10(14)11(6)4-7-2-3-15-8(7)9(12)13/h2-3,5H,4H2,1H3,(H,12,13). The fourth-order valence-corrected chi connectivity index (χ4v) is 2.15. The monoisotopic (exact) mass is 239 g/mol. The number of carboxylic acid groups (broad SMARTS) is 1. The Bertz CT molecular complexity index is 578. The van der Waals surface area contributed by atoms with E-state index in [2.05, 4.69) is 0 Å². The second-order valence-electron chi connectivity index (χ2n) is 3.31. The highest BCUT2D eigenvalue weighted by Crippen LogP contribution is 2.13. The minimum atomic E-state index is -1.12. The number of furan rings is 1. The molecule has 0 saturated carbocycles. The van der Waals surface area contributed by atoms with Gasteiger partial charge in [0.05, 0.1) is 12.8 Å². The number of thiazole rings is 1. The molecule has 0 aliphatic carbocycles. The summed E-state index contributed by atoms with van der Waals surface area (Å²) >= 11 is 1.10. The van der Waals surface area contributed by atoms with Gasteiger partial charge in [-0.3, -0.25) is 9.36 Å². The Morgan fingerprint density at radius 2 is 2.38 bits per heavy atom. The maximum absolute atomic E-state index is 11.5. The lowest BCUT2D eigenvalue weighted by Gasteiger charge is -2.02. The Kier molecular flexibility index (Phi) is 2.66. The van der Waals surface area contributed by atoms with E-state index in [1.807, 2.05) is 0 Å². The van der Waals surface area contributed by atoms with Gasteiger partial charge in [-0.1, -0.05) is 11.3 Å². The molecule has 0 bridgehead atoms. The van der Waals surface area contributed by atoms with Crippen molar-refractivity contribution in [2.75, 3.05) is 0 Å². The Hall–Kier alpha value is -1.82. The van der Waals surface area contributed by atoms with E-state index in [9.17, 15) is 9.59 Å². The highest BCUT2D eigenvalue weighted by molar-refractivity contribution is 7.07. The number of hydrogen-bond donors (Lipinski definition) is 1. The van der Waals surface area contributed by atoms with E-state index >= 15 is 0 Å². The number of aryl methyl sites for hydroxylation is 1. The van der Waals surface area contributed by atoms with Crippen LogP contribution in [0.5, 0.6) is 0 Å². The molecular weight excluding hydrogens is 230 g/mol. The zero-order valence-corrected chi connectivity index (χ0v) is 9.28. The van der Waals surface area contributed by atoms with Crippen LogP contribution in [0.4, 0.5) is 0 Å². The van der Waals surface area contributed by atoms with Crippen molar-refractivity contribution in [3.05, 3.63) is 44.4 Å². The van der Waals surface area contributed by atoms with E-state index in [1.165, 1.54) is 10.8 Å². The SMILES string of the molecule is Cc1csc(=O)n1Cc1ccoc1C(=O)O. The third-order valence-corrected chi connectivity index (χ3v) is 3.13. The van der Waals surface area contributed by atoms with Gasteiger partial charge in [0, 0.05) is 16.6 Å². The van der Waals surface area contributed by atoms with E-state index in [1.54, 1.807) is 18.4 Å². The molecule has 0 spiro atoms. The van der Waals surface area contributed by atoms with Crippen LogP contribution in [0.15, 0.2) is 26.9 Å². The van der Waals surface area contributed by atoms with Crippen LogP contribution in [-0.2, 0) is 6.54 Å². The van der Waals surface area contributed by atoms with Crippen molar-refractivity contribution >= 4 is 17.3 Å². The van der Waals surface area contributed by atoms with Gasteiger partial charge in [-0.2, -0.15) is 0 Å². The van der Waals surface area contributed by atoms with Crippen molar-refractivity contribution < 1.29 is 14.3 Å². The minimum absolute atomic E-state index is 0.102. The highest BCUT2D eigenvalue weighted by Gasteiger charge is 2.15. The number of aromatic nitrogens is 1. The first-order valence-electron chi connectivity index (χ1n) is 4.54. The van der Waals surface area contributed by atoms with E-state index < -0.39 is 5.97 Å². The lowest BCUT2D eigenvalue weighted by atomic mass is 10.2. The number of hydrogen-bond acceptors (Lipinski definition) is 4. The van der Waals surface area contributed by atoms with Crippen molar-refractivity contribution in [3.63, 3.8) is 0 Å². The molecule has 0 aliphatic heterocycles. The molecule has 0 unspecified atom stereocenters. The van der Waals surface area contributed by atoms with E-state index in [0.29, 0.717) is 5.56 Å². The first-order valence-corrected chi connectivity index (χ1v) is 5.42. The summed E-state index contributed by atoms with van der Waals surface area (Å²) in [5, 5.41) is 10.6. The Morgan fingerprint density at radius 1 is 1.62 bits per heavy atom. The summed E-state index contributed by atoms with van der Waals surface area (Å²) in [7, 11) is 0. The van der Waals surface area contributed by atoms with Crippen LogP contribution in [0.25, 0.3) is 0 Å². The third-order valence-electron chi connectivity index (χ3n) is 2.25. The van der Waals surface area contributed by atoms with Gasteiger partial charge in [0.25, 0.3) is 0 Å². The molecule has 0 saturated heterocycles. The normalized spacial score (nSPS) is 10.6. The predicted molar refractivity (Wildman–Crippen MR) is 58.1 cm³/mol. The zero-order chi connectivity index (χ0) is 11.7. The van der Waals surface area contributed by atoms with Gasteiger partial charge < -0.3 is 9.52 Å². The van der Waals surface area contributed by atoms with Crippen molar-refractivity contribution in [1.29, 1.82) is 0 Å². The molecule has 1 N–H and O–H groups in total. The average molecular weight is 239 g/mol. The van der Waals surface area contributed by atoms with Gasteiger partial charge in [-0.05, 0) is 13.0 Å². The van der Waals surface area contributed by atoms with Gasteiger partial charge in [0.15, 0.2) is 0 Å². The molecule has 0 atom stereocenters. The maximum atomic E-state index is 11.5. The summed E-state index contributed by atoms with van der Waals surface area (Å²) in [6, 6.07) is 1.56. The van der Waals surface area contributed by atoms with Crippen molar-refractivity contribution in [2.45, 2.75) is 13.5 Å². The number of aromatic carboxylic acids is 1. The maximum Gasteiger partial charge on any atom is 0.372 e. The van der Waals surface area contributed by atoms with Gasteiger partial charge in [-0.15, -0.1) is 0 Å². The second-order valence-corrected chi connectivity index (χ2v) is 4.13. The molecule has 0 aromatic carbocycles. The summed E-state index contributed by atoms with van der Waals surface area (Å²) in [6.45, 7) is 2.03. The molecule has 2 aromatic rings. The first-order chi connectivity index (χ1) is 7.59. The van der Waals surface area contributed by atoms with Crippen molar-refractivity contribution in [1.82, 2.24) is 4.57 Å². The summed E-state index contributed by atoms with van der Waals surface area (Å²) in [5.41, 5.74) is 1.31. The molecule has 2 heterocycles. The Balaban J connectivity index is 2.38. The van der Waals surface area contributed by atoms with E-state index in [0.717, 1.165) is 17.0 Å². The lowest BCUT2D eigenvalue weighted by Crippen LogP contribution is -2.16. The first kappa shape index (κ1) is 10.7. The third kappa shape index (κ3) is 1.79. The Labute approximate surface area is 94.6 Å². The quantitative estimate of drug-likeness (QED) is 0.882. The van der Waals surface area contributed by atoms with E-state index in [-0.39, 0.29) is 17.2 Å². The van der Waals surface area contributed by atoms with Gasteiger partial charge in [0.1, 0.15) is 0 Å². The highest BCUT2D eigenvalue weighted by atomic mass is 32.1. The summed E-state index contributed by atoms with van der Waals surface area (Å²) in [5.74, 6) is -1.24. The van der Waals surface area contributed by atoms with Crippen LogP contribution in [0.3, 0.4) is 0 Å². The van der Waals surface area contributed by atoms with Crippen LogP contribution in [0.1, 0.15) is 21.8 Å². The van der Waals surface area contributed by atoms with Crippen molar-refractivity contribution in [3.8, 4) is 0 Å². The molecular formula is C10H9NO4S. The van der Waals surface area contributed by atoms with Crippen LogP contribution in [0, 0.1) is 6.92 Å². The molecule has 16 heavy (non-hydrogen) atoms. The van der Waals surface area contributed by atoms with Gasteiger partial charge >= 0.3 is 10.8 Å². The van der Waals surface area contributed by atoms with E-state index in [4.69, 9.17) is 9.52 Å². The molecule has 0 radical (unpaired) electrons. The molecule has 0 aliphatic rings. The smallest absolute Gasteiger partial charge is 0.372 e. The molecule has 84 valence electrons. The lowest BCUT2D eigenvalue weighted by molar-refractivity contribution is 0.0660. The molecule has 2 aromatic heterocycles. The molecule has 0 amide bonds. The number of carbonyl (C=O) groups is 1. The number of carboxylic acids is 1. The van der Waals surface area contributed by atoms with Crippen LogP contribution in [-0.4, -0.2) is 15.6 Å². The fraction of sp³-hybridized carbons (Fsp3) is 0.200. The molecule has 6 heteroatoms. The predicted octanol–water partition coefficient (Wildman–Crippen LogP) is 1.56. The largest absolute Gasteiger partial charge is 0.475 e. The van der Waals surface area contributed by atoms with Crippen LogP contribution >= 0.6 is 11.3 Å².